The van der Waals surface area contributed by atoms with Crippen LogP contribution in [0.15, 0.2) is 24.3 Å². The summed E-state index contributed by atoms with van der Waals surface area (Å²) in [5, 5.41) is 0. The van der Waals surface area contributed by atoms with Crippen LogP contribution in [-0.2, 0) is 11.3 Å². The molecule has 3 heteroatoms. The van der Waals surface area contributed by atoms with Gasteiger partial charge < -0.3 is 4.79 Å². The van der Waals surface area contributed by atoms with Gasteiger partial charge in [0.05, 0.1) is 0 Å². The first-order chi connectivity index (χ1) is 7.78. The molecule has 0 aromatic heterocycles. The SMILES string of the molecule is O=CC1CCCN(Cc2ccc(F)cc2)C1. The van der Waals surface area contributed by atoms with E-state index < -0.39 is 0 Å². The summed E-state index contributed by atoms with van der Waals surface area (Å²) in [6.45, 7) is 2.67. The van der Waals surface area contributed by atoms with E-state index in [1.165, 1.54) is 12.1 Å². The van der Waals surface area contributed by atoms with E-state index in [1.54, 1.807) is 12.1 Å². The Morgan fingerprint density at radius 1 is 1.38 bits per heavy atom. The minimum absolute atomic E-state index is 0.175. The first kappa shape index (κ1) is 11.3. The van der Waals surface area contributed by atoms with Gasteiger partial charge in [-0.05, 0) is 37.1 Å². The lowest BCUT2D eigenvalue weighted by atomic mass is 9.99. The number of piperidine rings is 1. The van der Waals surface area contributed by atoms with Gasteiger partial charge in [-0.25, -0.2) is 4.39 Å². The van der Waals surface area contributed by atoms with E-state index in [-0.39, 0.29) is 11.7 Å². The fraction of sp³-hybridized carbons (Fsp3) is 0.462. The Kier molecular flexibility index (Phi) is 3.67. The zero-order valence-corrected chi connectivity index (χ0v) is 9.23. The van der Waals surface area contributed by atoms with E-state index in [0.717, 1.165) is 44.3 Å². The second-order valence-electron chi connectivity index (χ2n) is 4.40. The minimum atomic E-state index is -0.201. The van der Waals surface area contributed by atoms with Crippen LogP contribution < -0.4 is 0 Å². The average molecular weight is 221 g/mol. The summed E-state index contributed by atoms with van der Waals surface area (Å²) in [6.07, 6.45) is 3.13. The number of hydrogen-bond donors (Lipinski definition) is 0. The highest BCUT2D eigenvalue weighted by atomic mass is 19.1. The van der Waals surface area contributed by atoms with Crippen molar-refractivity contribution in [1.82, 2.24) is 4.90 Å². The maximum atomic E-state index is 12.7. The number of likely N-dealkylation sites (tertiary alicyclic amines) is 1. The molecule has 1 atom stereocenters. The molecule has 1 saturated heterocycles. The van der Waals surface area contributed by atoms with Gasteiger partial charge in [-0.15, -0.1) is 0 Å². The molecule has 0 spiro atoms. The van der Waals surface area contributed by atoms with Crippen LogP contribution in [0.5, 0.6) is 0 Å². The predicted octanol–water partition coefficient (Wildman–Crippen LogP) is 2.24. The van der Waals surface area contributed by atoms with E-state index in [4.69, 9.17) is 0 Å². The molecule has 1 aromatic carbocycles. The van der Waals surface area contributed by atoms with Crippen LogP contribution in [0.4, 0.5) is 4.39 Å². The molecule has 0 aliphatic carbocycles. The van der Waals surface area contributed by atoms with Gasteiger partial charge in [0.1, 0.15) is 12.1 Å². The van der Waals surface area contributed by atoms with Crippen molar-refractivity contribution in [3.8, 4) is 0 Å². The predicted molar refractivity (Wildman–Crippen MR) is 60.5 cm³/mol. The molecule has 2 nitrogen and oxygen atoms in total. The van der Waals surface area contributed by atoms with Crippen molar-refractivity contribution in [2.24, 2.45) is 5.92 Å². The number of halogens is 1. The second kappa shape index (κ2) is 5.21. The molecule has 0 radical (unpaired) electrons. The van der Waals surface area contributed by atoms with Gasteiger partial charge in [0.25, 0.3) is 0 Å². The smallest absolute Gasteiger partial charge is 0.124 e. The lowest BCUT2D eigenvalue weighted by Gasteiger charge is -2.30. The minimum Gasteiger partial charge on any atom is -0.303 e. The Labute approximate surface area is 95.1 Å². The summed E-state index contributed by atoms with van der Waals surface area (Å²) in [5.74, 6) is -0.0256. The molecule has 1 aliphatic heterocycles. The van der Waals surface area contributed by atoms with Crippen LogP contribution in [0.3, 0.4) is 0 Å². The third-order valence-electron chi connectivity index (χ3n) is 3.05. The molecule has 0 saturated carbocycles. The van der Waals surface area contributed by atoms with Crippen molar-refractivity contribution in [3.63, 3.8) is 0 Å². The second-order valence-corrected chi connectivity index (χ2v) is 4.40. The summed E-state index contributed by atoms with van der Waals surface area (Å²) >= 11 is 0. The van der Waals surface area contributed by atoms with Crippen molar-refractivity contribution in [2.75, 3.05) is 13.1 Å². The number of rotatable bonds is 3. The van der Waals surface area contributed by atoms with E-state index in [0.29, 0.717) is 0 Å². The molecule has 16 heavy (non-hydrogen) atoms. The fourth-order valence-electron chi connectivity index (χ4n) is 2.19. The van der Waals surface area contributed by atoms with Gasteiger partial charge in [0, 0.05) is 19.0 Å². The number of benzene rings is 1. The summed E-state index contributed by atoms with van der Waals surface area (Å²) in [7, 11) is 0. The van der Waals surface area contributed by atoms with Gasteiger partial charge in [-0.3, -0.25) is 4.90 Å². The molecule has 1 aromatic rings. The largest absolute Gasteiger partial charge is 0.303 e. The molecule has 1 aliphatic rings. The Balaban J connectivity index is 1.93. The molecular weight excluding hydrogens is 205 g/mol. The third kappa shape index (κ3) is 2.89. The summed E-state index contributed by atoms with van der Waals surface area (Å²) in [5.41, 5.74) is 1.10. The van der Waals surface area contributed by atoms with Crippen LogP contribution in [0.1, 0.15) is 18.4 Å². The van der Waals surface area contributed by atoms with E-state index in [1.807, 2.05) is 0 Å². The number of hydrogen-bond acceptors (Lipinski definition) is 2. The molecular formula is C13H16FNO. The molecule has 1 unspecified atom stereocenters. The van der Waals surface area contributed by atoms with Gasteiger partial charge in [-0.1, -0.05) is 12.1 Å². The Bertz CT molecular complexity index is 349. The summed E-state index contributed by atoms with van der Waals surface area (Å²) < 4.78 is 12.7. The van der Waals surface area contributed by atoms with Gasteiger partial charge >= 0.3 is 0 Å². The highest BCUT2D eigenvalue weighted by Crippen LogP contribution is 2.17. The first-order valence-electron chi connectivity index (χ1n) is 5.70. The maximum absolute atomic E-state index is 12.7. The van der Waals surface area contributed by atoms with Crippen molar-refractivity contribution >= 4 is 6.29 Å². The third-order valence-corrected chi connectivity index (χ3v) is 3.05. The summed E-state index contributed by atoms with van der Waals surface area (Å²) in [6, 6.07) is 6.58. The normalized spacial score (nSPS) is 21.9. The highest BCUT2D eigenvalue weighted by Gasteiger charge is 2.18. The van der Waals surface area contributed by atoms with Gasteiger partial charge in [-0.2, -0.15) is 0 Å². The van der Waals surface area contributed by atoms with Crippen LogP contribution in [0, 0.1) is 11.7 Å². The highest BCUT2D eigenvalue weighted by molar-refractivity contribution is 5.53. The molecule has 1 fully saturated rings. The van der Waals surface area contributed by atoms with Crippen molar-refractivity contribution in [1.29, 1.82) is 0 Å². The van der Waals surface area contributed by atoms with E-state index in [9.17, 15) is 9.18 Å². The molecule has 2 rings (SSSR count). The lowest BCUT2D eigenvalue weighted by molar-refractivity contribution is -0.112. The van der Waals surface area contributed by atoms with Crippen LogP contribution >= 0.6 is 0 Å². The number of nitrogens with zero attached hydrogens (tertiary/aromatic N) is 1. The number of carbonyl (C=O) groups excluding carboxylic acids is 1. The quantitative estimate of drug-likeness (QED) is 0.729. The van der Waals surface area contributed by atoms with Crippen molar-refractivity contribution in [3.05, 3.63) is 35.6 Å². The first-order valence-corrected chi connectivity index (χ1v) is 5.70. The molecule has 86 valence electrons. The Morgan fingerprint density at radius 2 is 2.12 bits per heavy atom. The fourth-order valence-corrected chi connectivity index (χ4v) is 2.19. The zero-order valence-electron chi connectivity index (χ0n) is 9.23. The monoisotopic (exact) mass is 221 g/mol. The van der Waals surface area contributed by atoms with E-state index >= 15 is 0 Å². The van der Waals surface area contributed by atoms with Crippen LogP contribution in [0.25, 0.3) is 0 Å². The Morgan fingerprint density at radius 3 is 2.81 bits per heavy atom. The number of carbonyl (C=O) groups is 1. The topological polar surface area (TPSA) is 20.3 Å². The lowest BCUT2D eigenvalue weighted by Crippen LogP contribution is -2.35. The van der Waals surface area contributed by atoms with E-state index in [2.05, 4.69) is 4.90 Å². The maximum Gasteiger partial charge on any atom is 0.124 e. The van der Waals surface area contributed by atoms with Crippen LogP contribution in [0.2, 0.25) is 0 Å². The molecule has 0 N–H and O–H groups in total. The summed E-state index contributed by atoms with van der Waals surface area (Å²) in [4.78, 5) is 13.0. The van der Waals surface area contributed by atoms with Crippen molar-refractivity contribution < 1.29 is 9.18 Å². The zero-order chi connectivity index (χ0) is 11.4. The molecule has 0 amide bonds. The molecule has 1 heterocycles. The van der Waals surface area contributed by atoms with Crippen molar-refractivity contribution in [2.45, 2.75) is 19.4 Å². The number of aldehydes is 1. The Hall–Kier alpha value is -1.22. The van der Waals surface area contributed by atoms with Gasteiger partial charge in [0.15, 0.2) is 0 Å². The standard InChI is InChI=1S/C13H16FNO/c14-13-5-3-11(4-6-13)8-15-7-1-2-12(9-15)10-16/h3-6,10,12H,1-2,7-9H2. The average Bonchev–Trinajstić information content (AvgIpc) is 2.32. The molecule has 0 bridgehead atoms. The van der Waals surface area contributed by atoms with Crippen LogP contribution in [-0.4, -0.2) is 24.3 Å². The van der Waals surface area contributed by atoms with Gasteiger partial charge in [0.2, 0.25) is 0 Å².